The van der Waals surface area contributed by atoms with Crippen molar-refractivity contribution in [3.63, 3.8) is 0 Å². The van der Waals surface area contributed by atoms with Gasteiger partial charge in [0.1, 0.15) is 0 Å². The molecule has 1 aromatic rings. The zero-order valence-corrected chi connectivity index (χ0v) is 18.2. The zero-order valence-electron chi connectivity index (χ0n) is 18.2. The third-order valence-electron chi connectivity index (χ3n) is 3.87. The van der Waals surface area contributed by atoms with Crippen LogP contribution in [0, 0.1) is 33.1 Å². The Balaban J connectivity index is 0. The standard InChI is InChI=1S/C13H16.C9H17N.C3H6/c1-5-6-7-13-9-11(3)10(2)8-12(13)4;1-6-10(9(4)5)7-8(2)3;1-3-2/h1,8-9H,6-7H2,2-4H3;2,4,6-7H2,1,3,5H3;3H,1H2,2H3. The van der Waals surface area contributed by atoms with Gasteiger partial charge in [-0.15, -0.1) is 18.9 Å². The lowest BCUT2D eigenvalue weighted by molar-refractivity contribution is 0.395. The van der Waals surface area contributed by atoms with E-state index in [1.807, 2.05) is 20.8 Å². The van der Waals surface area contributed by atoms with Crippen LogP contribution in [0.2, 0.25) is 0 Å². The Bertz CT molecular complexity index is 614. The maximum absolute atomic E-state index is 5.24. The second-order valence-electron chi connectivity index (χ2n) is 6.68. The molecule has 0 aliphatic heterocycles. The summed E-state index contributed by atoms with van der Waals surface area (Å²) in [7, 11) is 0. The molecule has 1 aromatic carbocycles. The summed E-state index contributed by atoms with van der Waals surface area (Å²) in [5, 5.41) is 0. The van der Waals surface area contributed by atoms with Gasteiger partial charge in [-0.05, 0) is 77.1 Å². The molecule has 1 heteroatoms. The predicted octanol–water partition coefficient (Wildman–Crippen LogP) is 6.79. The van der Waals surface area contributed by atoms with Crippen molar-refractivity contribution in [3.05, 3.63) is 71.5 Å². The van der Waals surface area contributed by atoms with Gasteiger partial charge in [0, 0.05) is 25.2 Å². The molecule has 1 rings (SSSR count). The highest BCUT2D eigenvalue weighted by molar-refractivity contribution is 5.36. The van der Waals surface area contributed by atoms with Crippen LogP contribution in [0.4, 0.5) is 0 Å². The van der Waals surface area contributed by atoms with Crippen molar-refractivity contribution >= 4 is 0 Å². The van der Waals surface area contributed by atoms with Gasteiger partial charge in [-0.2, -0.15) is 0 Å². The van der Waals surface area contributed by atoms with Crippen molar-refractivity contribution < 1.29 is 0 Å². The Labute approximate surface area is 163 Å². The molecular weight excluding hydrogens is 314 g/mol. The lowest BCUT2D eigenvalue weighted by Crippen LogP contribution is -2.22. The number of rotatable bonds is 6. The lowest BCUT2D eigenvalue weighted by atomic mass is 9.98. The Morgan fingerprint density at radius 1 is 1.12 bits per heavy atom. The van der Waals surface area contributed by atoms with Gasteiger partial charge >= 0.3 is 0 Å². The van der Waals surface area contributed by atoms with Crippen LogP contribution >= 0.6 is 0 Å². The fourth-order valence-corrected chi connectivity index (χ4v) is 2.34. The van der Waals surface area contributed by atoms with Crippen LogP contribution < -0.4 is 0 Å². The van der Waals surface area contributed by atoms with E-state index in [1.165, 1.54) is 27.8 Å². The molecule has 0 aliphatic rings. The first-order valence-electron chi connectivity index (χ1n) is 9.26. The molecule has 0 spiro atoms. The largest absolute Gasteiger partial charge is 0.372 e. The SMILES string of the molecule is C#CCCc1cc(C)c(C)cc1C.C=C(C)CN(CC)C(=C)C.C=CC. The van der Waals surface area contributed by atoms with Crippen LogP contribution in [0.25, 0.3) is 0 Å². The van der Waals surface area contributed by atoms with Crippen LogP contribution in [0.1, 0.15) is 56.4 Å². The predicted molar refractivity (Wildman–Crippen MR) is 121 cm³/mol. The average molecular weight is 354 g/mol. The number of hydrogen-bond donors (Lipinski definition) is 0. The van der Waals surface area contributed by atoms with Crippen LogP contribution in [0.15, 0.2) is 49.2 Å². The number of allylic oxidation sites excluding steroid dienone is 2. The van der Waals surface area contributed by atoms with E-state index >= 15 is 0 Å². The highest BCUT2D eigenvalue weighted by Crippen LogP contribution is 2.16. The molecule has 0 fully saturated rings. The number of likely N-dealkylation sites (N-methyl/N-ethyl adjacent to an activating group) is 1. The van der Waals surface area contributed by atoms with Crippen molar-refractivity contribution in [2.24, 2.45) is 0 Å². The average Bonchev–Trinajstić information content (AvgIpc) is 2.55. The number of terminal acetylenes is 1. The molecular formula is C25H39N. The summed E-state index contributed by atoms with van der Waals surface area (Å²) in [6.45, 7) is 27.5. The van der Waals surface area contributed by atoms with E-state index in [2.05, 4.69) is 70.4 Å². The summed E-state index contributed by atoms with van der Waals surface area (Å²) in [6, 6.07) is 4.49. The van der Waals surface area contributed by atoms with Crippen molar-refractivity contribution in [2.45, 2.75) is 61.3 Å². The summed E-state index contributed by atoms with van der Waals surface area (Å²) >= 11 is 0. The van der Waals surface area contributed by atoms with E-state index in [0.717, 1.165) is 31.6 Å². The van der Waals surface area contributed by atoms with E-state index in [4.69, 9.17) is 6.42 Å². The minimum Gasteiger partial charge on any atom is -0.372 e. The molecule has 0 saturated carbocycles. The van der Waals surface area contributed by atoms with E-state index in [-0.39, 0.29) is 0 Å². The third-order valence-corrected chi connectivity index (χ3v) is 3.87. The Morgan fingerprint density at radius 2 is 1.62 bits per heavy atom. The third kappa shape index (κ3) is 12.2. The minimum atomic E-state index is 0.837. The summed E-state index contributed by atoms with van der Waals surface area (Å²) < 4.78 is 0. The second kappa shape index (κ2) is 15.1. The molecule has 1 nitrogen and oxygen atoms in total. The van der Waals surface area contributed by atoms with E-state index in [0.29, 0.717) is 0 Å². The van der Waals surface area contributed by atoms with Gasteiger partial charge in [0.05, 0.1) is 0 Å². The molecule has 0 atom stereocenters. The summed E-state index contributed by atoms with van der Waals surface area (Å²) in [5.74, 6) is 2.68. The van der Waals surface area contributed by atoms with Gasteiger partial charge in [0.25, 0.3) is 0 Å². The van der Waals surface area contributed by atoms with E-state index in [9.17, 15) is 0 Å². The van der Waals surface area contributed by atoms with E-state index < -0.39 is 0 Å². The maximum Gasteiger partial charge on any atom is 0.0380 e. The molecule has 0 saturated heterocycles. The van der Waals surface area contributed by atoms with Gasteiger partial charge in [0.2, 0.25) is 0 Å². The van der Waals surface area contributed by atoms with Crippen LogP contribution in [-0.4, -0.2) is 18.0 Å². The molecule has 0 heterocycles. The molecule has 0 radical (unpaired) electrons. The highest BCUT2D eigenvalue weighted by atomic mass is 15.1. The number of hydrogen-bond acceptors (Lipinski definition) is 1. The van der Waals surface area contributed by atoms with Gasteiger partial charge in [0.15, 0.2) is 0 Å². The van der Waals surface area contributed by atoms with Gasteiger partial charge in [-0.3, -0.25) is 0 Å². The van der Waals surface area contributed by atoms with Crippen LogP contribution in [0.3, 0.4) is 0 Å². The number of aryl methyl sites for hydroxylation is 4. The molecule has 0 aliphatic carbocycles. The fourth-order valence-electron chi connectivity index (χ4n) is 2.34. The first-order valence-corrected chi connectivity index (χ1v) is 9.26. The number of nitrogens with zero attached hydrogens (tertiary/aromatic N) is 1. The van der Waals surface area contributed by atoms with E-state index in [1.54, 1.807) is 6.08 Å². The lowest BCUT2D eigenvalue weighted by Gasteiger charge is -2.22. The van der Waals surface area contributed by atoms with Gasteiger partial charge < -0.3 is 4.90 Å². The topological polar surface area (TPSA) is 3.24 Å². The molecule has 0 bridgehead atoms. The summed E-state index contributed by atoms with van der Waals surface area (Å²) in [6.07, 6.45) is 8.83. The Hall–Kier alpha value is -2.20. The first kappa shape index (κ1) is 26.0. The first-order chi connectivity index (χ1) is 12.1. The summed E-state index contributed by atoms with van der Waals surface area (Å²) in [4.78, 5) is 2.20. The molecule has 0 unspecified atom stereocenters. The van der Waals surface area contributed by atoms with Gasteiger partial charge in [-0.25, -0.2) is 0 Å². The Kier molecular flexibility index (Phi) is 15.1. The van der Waals surface area contributed by atoms with Crippen molar-refractivity contribution in [1.82, 2.24) is 4.90 Å². The van der Waals surface area contributed by atoms with Gasteiger partial charge in [-0.1, -0.05) is 36.9 Å². The monoisotopic (exact) mass is 353 g/mol. The van der Waals surface area contributed by atoms with Crippen molar-refractivity contribution in [2.75, 3.05) is 13.1 Å². The second-order valence-corrected chi connectivity index (χ2v) is 6.68. The summed E-state index contributed by atoms with van der Waals surface area (Å²) in [5.41, 5.74) is 7.77. The molecule has 0 aromatic heterocycles. The van der Waals surface area contributed by atoms with Crippen molar-refractivity contribution in [1.29, 1.82) is 0 Å². The minimum absolute atomic E-state index is 0.837. The Morgan fingerprint density at radius 3 is 1.96 bits per heavy atom. The smallest absolute Gasteiger partial charge is 0.0380 e. The maximum atomic E-state index is 5.24. The van der Waals surface area contributed by atoms with Crippen LogP contribution in [-0.2, 0) is 6.42 Å². The normalized spacial score (nSPS) is 8.85. The number of benzene rings is 1. The molecule has 144 valence electrons. The fraction of sp³-hybridized carbons (Fsp3) is 0.440. The quantitative estimate of drug-likeness (QED) is 0.402. The van der Waals surface area contributed by atoms with Crippen molar-refractivity contribution in [3.8, 4) is 12.3 Å². The highest BCUT2D eigenvalue weighted by Gasteiger charge is 2.00. The molecule has 0 amide bonds. The zero-order chi connectivity index (χ0) is 20.7. The molecule has 26 heavy (non-hydrogen) atoms. The van der Waals surface area contributed by atoms with Crippen LogP contribution in [0.5, 0.6) is 0 Å². The molecule has 0 N–H and O–H groups in total.